The molecule has 0 aromatic carbocycles. The van der Waals surface area contributed by atoms with Gasteiger partial charge in [0.05, 0.1) is 42.1 Å². The molecule has 10 heteroatoms. The van der Waals surface area contributed by atoms with Gasteiger partial charge < -0.3 is 19.6 Å². The smallest absolute Gasteiger partial charge is 0.337 e. The Morgan fingerprint density at radius 3 is 2.35 bits per heavy atom. The number of nitrogens with one attached hydrogen (secondary N) is 1. The van der Waals surface area contributed by atoms with Crippen molar-refractivity contribution in [2.24, 2.45) is 0 Å². The number of dihydropyridines is 1. The number of esters is 2. The van der Waals surface area contributed by atoms with Gasteiger partial charge in [-0.05, 0) is 52.7 Å². The van der Waals surface area contributed by atoms with Gasteiger partial charge in [0.15, 0.2) is 0 Å². The molecule has 1 atom stereocenters. The van der Waals surface area contributed by atoms with Crippen molar-refractivity contribution in [2.75, 3.05) is 13.2 Å². The predicted octanol–water partition coefficient (Wildman–Crippen LogP) is 2.80. The Balaban J connectivity index is 2.25. The lowest BCUT2D eigenvalue weighted by Gasteiger charge is -2.30. The number of pyridine rings is 1. The summed E-state index contributed by atoms with van der Waals surface area (Å²) in [7, 11) is 0. The summed E-state index contributed by atoms with van der Waals surface area (Å²) in [5, 5.41) is 12.4. The minimum Gasteiger partial charge on any atom is -0.462 e. The number of hydrogen-bond acceptors (Lipinski definition) is 9. The van der Waals surface area contributed by atoms with Gasteiger partial charge in [0.25, 0.3) is 5.09 Å². The van der Waals surface area contributed by atoms with Gasteiger partial charge in [0.1, 0.15) is 0 Å². The van der Waals surface area contributed by atoms with Crippen LogP contribution < -0.4 is 5.32 Å². The molecule has 1 aromatic heterocycles. The zero-order valence-electron chi connectivity index (χ0n) is 18.0. The topological polar surface area (TPSA) is 130 Å². The van der Waals surface area contributed by atoms with Crippen molar-refractivity contribution in [3.63, 3.8) is 0 Å². The summed E-state index contributed by atoms with van der Waals surface area (Å²) < 4.78 is 10.8. The van der Waals surface area contributed by atoms with Crippen molar-refractivity contribution in [1.29, 1.82) is 0 Å². The molecule has 0 saturated carbocycles. The molecule has 2 heterocycles. The molecule has 0 radical (unpaired) electrons. The van der Waals surface area contributed by atoms with Crippen molar-refractivity contribution in [2.45, 2.75) is 52.6 Å². The number of allylic oxidation sites excluding steroid dienone is 2. The van der Waals surface area contributed by atoms with E-state index < -0.39 is 22.9 Å². The number of aromatic nitrogens is 1. The summed E-state index contributed by atoms with van der Waals surface area (Å²) in [5.41, 5.74) is 2.21. The van der Waals surface area contributed by atoms with Crippen LogP contribution in [0.1, 0.15) is 52.1 Å². The van der Waals surface area contributed by atoms with Gasteiger partial charge in [-0.3, -0.25) is 4.98 Å². The summed E-state index contributed by atoms with van der Waals surface area (Å²) in [6, 6.07) is 5.26. The fourth-order valence-electron chi connectivity index (χ4n) is 3.24. The second kappa shape index (κ2) is 11.1. The van der Waals surface area contributed by atoms with Crippen LogP contribution in [-0.2, 0) is 23.9 Å². The summed E-state index contributed by atoms with van der Waals surface area (Å²) in [4.78, 5) is 44.6. The minimum absolute atomic E-state index is 0.0557. The molecule has 0 saturated heterocycles. The van der Waals surface area contributed by atoms with Crippen molar-refractivity contribution >= 4 is 11.9 Å². The molecule has 10 nitrogen and oxygen atoms in total. The second-order valence-electron chi connectivity index (χ2n) is 7.24. The largest absolute Gasteiger partial charge is 0.462 e. The number of rotatable bonds is 10. The van der Waals surface area contributed by atoms with Gasteiger partial charge in [-0.1, -0.05) is 6.07 Å². The summed E-state index contributed by atoms with van der Waals surface area (Å²) >= 11 is 0. The number of carbonyl (C=O) groups excluding carboxylic acids is 2. The lowest BCUT2D eigenvalue weighted by Crippen LogP contribution is -2.33. The van der Waals surface area contributed by atoms with E-state index in [-0.39, 0.29) is 24.9 Å². The van der Waals surface area contributed by atoms with E-state index in [9.17, 15) is 19.7 Å². The zero-order valence-corrected chi connectivity index (χ0v) is 18.0. The van der Waals surface area contributed by atoms with E-state index in [1.807, 2.05) is 0 Å². The Hall–Kier alpha value is -3.43. The molecule has 0 bridgehead atoms. The maximum atomic E-state index is 13.0. The zero-order chi connectivity index (χ0) is 23.0. The SMILES string of the molecule is CC1=C(C(=O)OCCCCO[N+](=O)[O-])C(c2ccccn2)C(C(=O)OC(C)C)=C(C)N1. The molecule has 1 aliphatic heterocycles. The van der Waals surface area contributed by atoms with Crippen molar-refractivity contribution in [3.05, 3.63) is 62.7 Å². The molecule has 0 aliphatic carbocycles. The van der Waals surface area contributed by atoms with E-state index in [2.05, 4.69) is 15.1 Å². The van der Waals surface area contributed by atoms with Gasteiger partial charge >= 0.3 is 11.9 Å². The summed E-state index contributed by atoms with van der Waals surface area (Å²) in [6.07, 6.45) is 2.01. The fraction of sp³-hybridized carbons (Fsp3) is 0.476. The Morgan fingerprint density at radius 2 is 1.77 bits per heavy atom. The van der Waals surface area contributed by atoms with Crippen molar-refractivity contribution < 1.29 is 29.0 Å². The van der Waals surface area contributed by atoms with E-state index in [4.69, 9.17) is 9.47 Å². The third-order valence-electron chi connectivity index (χ3n) is 4.49. The Morgan fingerprint density at radius 1 is 1.13 bits per heavy atom. The first kappa shape index (κ1) is 23.8. The average Bonchev–Trinajstić information content (AvgIpc) is 2.69. The van der Waals surface area contributed by atoms with Crippen LogP contribution in [0.15, 0.2) is 46.9 Å². The third-order valence-corrected chi connectivity index (χ3v) is 4.49. The summed E-state index contributed by atoms with van der Waals surface area (Å²) in [6.45, 7) is 6.95. The van der Waals surface area contributed by atoms with Crippen molar-refractivity contribution in [3.8, 4) is 0 Å². The van der Waals surface area contributed by atoms with Crippen LogP contribution in [0.2, 0.25) is 0 Å². The van der Waals surface area contributed by atoms with Gasteiger partial charge in [-0.25, -0.2) is 9.59 Å². The fourth-order valence-corrected chi connectivity index (χ4v) is 3.24. The van der Waals surface area contributed by atoms with E-state index in [1.54, 1.807) is 52.1 Å². The number of ether oxygens (including phenoxy) is 2. The van der Waals surface area contributed by atoms with Gasteiger partial charge in [-0.2, -0.15) is 0 Å². The Bertz CT molecular complexity index is 878. The van der Waals surface area contributed by atoms with Crippen LogP contribution in [0.3, 0.4) is 0 Å². The number of carbonyl (C=O) groups is 2. The first-order valence-corrected chi connectivity index (χ1v) is 9.97. The number of unbranched alkanes of at least 4 members (excludes halogenated alkanes) is 1. The quantitative estimate of drug-likeness (QED) is 0.256. The number of hydrogen-bond donors (Lipinski definition) is 1. The van der Waals surface area contributed by atoms with Crippen molar-refractivity contribution in [1.82, 2.24) is 10.3 Å². The average molecular weight is 433 g/mol. The standard InChI is InChI=1S/C21H27N3O7/c1-13(2)31-21(26)18-15(4)23-14(3)17(19(18)16-9-5-6-10-22-16)20(25)29-11-7-8-12-30-24(27)28/h5-6,9-10,13,19,23H,7-8,11-12H2,1-4H3. The first-order chi connectivity index (χ1) is 14.7. The maximum absolute atomic E-state index is 13.0. The maximum Gasteiger partial charge on any atom is 0.337 e. The lowest BCUT2D eigenvalue weighted by molar-refractivity contribution is -0.757. The summed E-state index contributed by atoms with van der Waals surface area (Å²) in [5.74, 6) is -1.89. The van der Waals surface area contributed by atoms with Crippen LogP contribution in [-0.4, -0.2) is 41.3 Å². The normalized spacial score (nSPS) is 16.1. The van der Waals surface area contributed by atoms with E-state index in [0.717, 1.165) is 0 Å². The molecule has 0 amide bonds. The third kappa shape index (κ3) is 6.53. The van der Waals surface area contributed by atoms with Gasteiger partial charge in [0.2, 0.25) is 0 Å². The van der Waals surface area contributed by atoms with Gasteiger partial charge in [-0.15, -0.1) is 10.1 Å². The molecule has 0 spiro atoms. The second-order valence-corrected chi connectivity index (χ2v) is 7.24. The highest BCUT2D eigenvalue weighted by Gasteiger charge is 2.38. The molecular formula is C21H27N3O7. The molecule has 1 N–H and O–H groups in total. The monoisotopic (exact) mass is 433 g/mol. The van der Waals surface area contributed by atoms with Crippen LogP contribution in [0.25, 0.3) is 0 Å². The molecule has 2 rings (SSSR count). The molecule has 1 aliphatic rings. The van der Waals surface area contributed by atoms with Crippen LogP contribution in [0.4, 0.5) is 0 Å². The molecule has 31 heavy (non-hydrogen) atoms. The lowest BCUT2D eigenvalue weighted by atomic mass is 9.82. The minimum atomic E-state index is -0.863. The first-order valence-electron chi connectivity index (χ1n) is 9.97. The Labute approximate surface area is 180 Å². The highest BCUT2D eigenvalue weighted by molar-refractivity contribution is 5.99. The molecule has 168 valence electrons. The van der Waals surface area contributed by atoms with E-state index in [1.165, 1.54) is 0 Å². The Kier molecular flexibility index (Phi) is 8.53. The molecule has 1 aromatic rings. The molecule has 0 fully saturated rings. The van der Waals surface area contributed by atoms with Crippen LogP contribution >= 0.6 is 0 Å². The highest BCUT2D eigenvalue weighted by Crippen LogP contribution is 2.38. The molecular weight excluding hydrogens is 406 g/mol. The van der Waals surface area contributed by atoms with Crippen LogP contribution in [0, 0.1) is 10.1 Å². The highest BCUT2D eigenvalue weighted by atomic mass is 16.9. The van der Waals surface area contributed by atoms with Crippen LogP contribution in [0.5, 0.6) is 0 Å². The molecule has 1 unspecified atom stereocenters. The van der Waals surface area contributed by atoms with Gasteiger partial charge in [0, 0.05) is 17.6 Å². The van der Waals surface area contributed by atoms with E-state index >= 15 is 0 Å². The van der Waals surface area contributed by atoms with E-state index in [0.29, 0.717) is 35.5 Å². The predicted molar refractivity (Wildman–Crippen MR) is 110 cm³/mol. The number of nitrogens with zero attached hydrogens (tertiary/aromatic N) is 2.